The number of rotatable bonds is 5. The van der Waals surface area contributed by atoms with E-state index in [4.69, 9.17) is 9.47 Å². The molecule has 0 aliphatic rings. The highest BCUT2D eigenvalue weighted by Gasteiger charge is 2.10. The highest BCUT2D eigenvalue weighted by molar-refractivity contribution is 9.10. The van der Waals surface area contributed by atoms with Crippen LogP contribution in [0.15, 0.2) is 40.9 Å². The first-order chi connectivity index (χ1) is 10.0. The number of ether oxygens (including phenoxy) is 2. The third kappa shape index (κ3) is 3.43. The van der Waals surface area contributed by atoms with Gasteiger partial charge >= 0.3 is 0 Å². The Labute approximate surface area is 130 Å². The van der Waals surface area contributed by atoms with Crippen molar-refractivity contribution in [2.24, 2.45) is 0 Å². The van der Waals surface area contributed by atoms with E-state index in [-0.39, 0.29) is 5.69 Å². The summed E-state index contributed by atoms with van der Waals surface area (Å²) in [4.78, 5) is 10.2. The van der Waals surface area contributed by atoms with Crippen LogP contribution in [-0.4, -0.2) is 19.1 Å². The summed E-state index contributed by atoms with van der Waals surface area (Å²) in [5.74, 6) is 1.25. The van der Waals surface area contributed by atoms with E-state index in [9.17, 15) is 10.1 Å². The molecular formula is C14H13BrN2O4. The molecule has 2 aromatic rings. The number of benzene rings is 2. The molecule has 2 aromatic carbocycles. The lowest BCUT2D eigenvalue weighted by Crippen LogP contribution is -1.95. The van der Waals surface area contributed by atoms with Gasteiger partial charge < -0.3 is 14.8 Å². The van der Waals surface area contributed by atoms with Crippen molar-refractivity contribution in [3.05, 3.63) is 51.0 Å². The van der Waals surface area contributed by atoms with E-state index in [1.807, 2.05) is 0 Å². The molecule has 21 heavy (non-hydrogen) atoms. The van der Waals surface area contributed by atoms with Gasteiger partial charge in [0.25, 0.3) is 5.69 Å². The first-order valence-electron chi connectivity index (χ1n) is 5.98. The highest BCUT2D eigenvalue weighted by atomic mass is 79.9. The van der Waals surface area contributed by atoms with E-state index in [1.54, 1.807) is 38.5 Å². The third-order valence-corrected chi connectivity index (χ3v) is 3.59. The van der Waals surface area contributed by atoms with E-state index in [1.165, 1.54) is 12.1 Å². The van der Waals surface area contributed by atoms with Crippen molar-refractivity contribution in [2.75, 3.05) is 19.5 Å². The Morgan fingerprint density at radius 1 is 1.05 bits per heavy atom. The summed E-state index contributed by atoms with van der Waals surface area (Å²) >= 11 is 3.39. The second kappa shape index (κ2) is 6.45. The van der Waals surface area contributed by atoms with Crippen LogP contribution in [0.25, 0.3) is 0 Å². The Morgan fingerprint density at radius 2 is 1.57 bits per heavy atom. The number of nitro groups is 1. The van der Waals surface area contributed by atoms with E-state index in [2.05, 4.69) is 21.2 Å². The molecule has 0 bridgehead atoms. The first-order valence-corrected chi connectivity index (χ1v) is 6.77. The standard InChI is InChI=1S/C14H13BrN2O4/c1-20-12-7-10(8-13(21-2)14(12)15)16-9-3-5-11(6-4-9)17(18)19/h3-8,16H,1-2H3. The summed E-state index contributed by atoms with van der Waals surface area (Å²) < 4.78 is 11.2. The average molecular weight is 353 g/mol. The van der Waals surface area contributed by atoms with Crippen LogP contribution < -0.4 is 14.8 Å². The fourth-order valence-electron chi connectivity index (χ4n) is 1.77. The summed E-state index contributed by atoms with van der Waals surface area (Å²) in [6, 6.07) is 9.76. The lowest BCUT2D eigenvalue weighted by molar-refractivity contribution is -0.384. The summed E-state index contributed by atoms with van der Waals surface area (Å²) in [5, 5.41) is 13.8. The average Bonchev–Trinajstić information content (AvgIpc) is 2.49. The maximum Gasteiger partial charge on any atom is 0.269 e. The molecule has 0 saturated carbocycles. The molecule has 0 saturated heterocycles. The largest absolute Gasteiger partial charge is 0.495 e. The zero-order valence-electron chi connectivity index (χ0n) is 11.4. The van der Waals surface area contributed by atoms with Crippen molar-refractivity contribution in [3.63, 3.8) is 0 Å². The Hall–Kier alpha value is -2.28. The minimum Gasteiger partial charge on any atom is -0.495 e. The fraction of sp³-hybridized carbons (Fsp3) is 0.143. The van der Waals surface area contributed by atoms with Gasteiger partial charge in [-0.05, 0) is 28.1 Å². The van der Waals surface area contributed by atoms with Crippen LogP contribution in [0.1, 0.15) is 0 Å². The minimum absolute atomic E-state index is 0.0477. The van der Waals surface area contributed by atoms with Crippen molar-refractivity contribution >= 4 is 33.0 Å². The molecule has 0 amide bonds. The quantitative estimate of drug-likeness (QED) is 0.647. The van der Waals surface area contributed by atoms with Crippen LogP contribution in [0.2, 0.25) is 0 Å². The Balaban J connectivity index is 2.28. The van der Waals surface area contributed by atoms with Gasteiger partial charge in [-0.1, -0.05) is 0 Å². The number of hydrogen-bond acceptors (Lipinski definition) is 5. The number of methoxy groups -OCH3 is 2. The SMILES string of the molecule is COc1cc(Nc2ccc([N+](=O)[O-])cc2)cc(OC)c1Br. The summed E-state index contributed by atoms with van der Waals surface area (Å²) in [6.07, 6.45) is 0. The molecular weight excluding hydrogens is 340 g/mol. The van der Waals surface area contributed by atoms with E-state index in [0.717, 1.165) is 15.8 Å². The zero-order valence-corrected chi connectivity index (χ0v) is 13.0. The van der Waals surface area contributed by atoms with Crippen LogP contribution >= 0.6 is 15.9 Å². The number of non-ortho nitro benzene ring substituents is 1. The van der Waals surface area contributed by atoms with Gasteiger partial charge in [0.2, 0.25) is 0 Å². The van der Waals surface area contributed by atoms with Gasteiger partial charge in [-0.3, -0.25) is 10.1 Å². The number of anilines is 2. The van der Waals surface area contributed by atoms with Crippen molar-refractivity contribution in [1.29, 1.82) is 0 Å². The molecule has 2 rings (SSSR count). The van der Waals surface area contributed by atoms with Gasteiger partial charge in [-0.15, -0.1) is 0 Å². The van der Waals surface area contributed by atoms with Gasteiger partial charge in [0.1, 0.15) is 16.0 Å². The van der Waals surface area contributed by atoms with Crippen LogP contribution in [0.3, 0.4) is 0 Å². The Kier molecular flexibility index (Phi) is 4.64. The Morgan fingerprint density at radius 3 is 2.00 bits per heavy atom. The molecule has 0 heterocycles. The van der Waals surface area contributed by atoms with Crippen molar-refractivity contribution in [2.45, 2.75) is 0 Å². The molecule has 0 fully saturated rings. The van der Waals surface area contributed by atoms with Gasteiger partial charge in [0.15, 0.2) is 0 Å². The summed E-state index contributed by atoms with van der Waals surface area (Å²) in [5.41, 5.74) is 1.53. The highest BCUT2D eigenvalue weighted by Crippen LogP contribution is 2.38. The number of nitrogens with zero attached hydrogens (tertiary/aromatic N) is 1. The van der Waals surface area contributed by atoms with E-state index in [0.29, 0.717) is 11.5 Å². The monoisotopic (exact) mass is 352 g/mol. The predicted molar refractivity (Wildman–Crippen MR) is 83.6 cm³/mol. The van der Waals surface area contributed by atoms with E-state index < -0.39 is 4.92 Å². The molecule has 0 radical (unpaired) electrons. The van der Waals surface area contributed by atoms with E-state index >= 15 is 0 Å². The predicted octanol–water partition coefficient (Wildman–Crippen LogP) is 4.12. The molecule has 0 aromatic heterocycles. The smallest absolute Gasteiger partial charge is 0.269 e. The molecule has 110 valence electrons. The summed E-state index contributed by atoms with van der Waals surface area (Å²) in [7, 11) is 3.13. The molecule has 0 unspecified atom stereocenters. The number of hydrogen-bond donors (Lipinski definition) is 1. The molecule has 7 heteroatoms. The van der Waals surface area contributed by atoms with Crippen molar-refractivity contribution in [1.82, 2.24) is 0 Å². The van der Waals surface area contributed by atoms with Gasteiger partial charge in [-0.25, -0.2) is 0 Å². The molecule has 1 N–H and O–H groups in total. The maximum atomic E-state index is 10.6. The van der Waals surface area contributed by atoms with Gasteiger partial charge in [-0.2, -0.15) is 0 Å². The first kappa shape index (κ1) is 15.1. The van der Waals surface area contributed by atoms with Crippen LogP contribution in [-0.2, 0) is 0 Å². The third-order valence-electron chi connectivity index (χ3n) is 2.81. The molecule has 0 aliphatic carbocycles. The molecule has 0 atom stereocenters. The normalized spacial score (nSPS) is 10.0. The van der Waals surface area contributed by atoms with Crippen LogP contribution in [0.4, 0.5) is 17.1 Å². The topological polar surface area (TPSA) is 73.6 Å². The fourth-order valence-corrected chi connectivity index (χ4v) is 2.33. The van der Waals surface area contributed by atoms with Gasteiger partial charge in [0.05, 0.1) is 19.1 Å². The lowest BCUT2D eigenvalue weighted by Gasteiger charge is -2.13. The molecule has 6 nitrogen and oxygen atoms in total. The van der Waals surface area contributed by atoms with Crippen molar-refractivity contribution in [3.8, 4) is 11.5 Å². The van der Waals surface area contributed by atoms with Gasteiger partial charge in [0, 0.05) is 35.6 Å². The number of nitrogens with one attached hydrogen (secondary N) is 1. The number of halogens is 1. The Bertz CT molecular complexity index is 634. The van der Waals surface area contributed by atoms with Crippen LogP contribution in [0.5, 0.6) is 11.5 Å². The second-order valence-corrected chi connectivity index (χ2v) is 4.92. The molecule has 0 spiro atoms. The lowest BCUT2D eigenvalue weighted by atomic mass is 10.2. The second-order valence-electron chi connectivity index (χ2n) is 4.12. The molecule has 0 aliphatic heterocycles. The van der Waals surface area contributed by atoms with Crippen LogP contribution in [0, 0.1) is 10.1 Å². The summed E-state index contributed by atoms with van der Waals surface area (Å²) in [6.45, 7) is 0. The van der Waals surface area contributed by atoms with Crippen molar-refractivity contribution < 1.29 is 14.4 Å². The zero-order chi connectivity index (χ0) is 15.4. The maximum absolute atomic E-state index is 10.6. The number of nitro benzene ring substituents is 1. The minimum atomic E-state index is -0.435.